The molecule has 0 spiro atoms. The number of anilines is 1. The Kier molecular flexibility index (Phi) is 5.87. The summed E-state index contributed by atoms with van der Waals surface area (Å²) in [4.78, 5) is 9.21. The van der Waals surface area contributed by atoms with Gasteiger partial charge in [-0.3, -0.25) is 10.4 Å². The van der Waals surface area contributed by atoms with Crippen LogP contribution in [0.15, 0.2) is 29.3 Å². The normalized spacial score (nSPS) is 16.2. The van der Waals surface area contributed by atoms with E-state index in [2.05, 4.69) is 58.3 Å². The largest absolute Gasteiger partial charge is 0.368 e. The smallest absolute Gasteiger partial charge is 0.208 e. The fourth-order valence-corrected chi connectivity index (χ4v) is 2.58. The SMILES string of the molecule is CCCCN=C(NN)N1CCN(c2cccc(C)c2)CC1. The molecule has 0 saturated carbocycles. The number of nitrogens with two attached hydrogens (primary N) is 1. The van der Waals surface area contributed by atoms with Gasteiger partial charge in [0, 0.05) is 38.4 Å². The summed E-state index contributed by atoms with van der Waals surface area (Å²) in [5, 5.41) is 0. The molecule has 0 aliphatic carbocycles. The molecule has 5 heteroatoms. The number of piperazine rings is 1. The minimum absolute atomic E-state index is 0.826. The molecule has 0 aromatic heterocycles. The van der Waals surface area contributed by atoms with Gasteiger partial charge in [0.2, 0.25) is 5.96 Å². The van der Waals surface area contributed by atoms with E-state index >= 15 is 0 Å². The summed E-state index contributed by atoms with van der Waals surface area (Å²) in [7, 11) is 0. The molecule has 1 saturated heterocycles. The third-order valence-electron chi connectivity index (χ3n) is 3.85. The van der Waals surface area contributed by atoms with Gasteiger partial charge in [0.15, 0.2) is 0 Å². The zero-order chi connectivity index (χ0) is 15.1. The van der Waals surface area contributed by atoms with Gasteiger partial charge in [-0.2, -0.15) is 0 Å². The molecule has 5 nitrogen and oxygen atoms in total. The summed E-state index contributed by atoms with van der Waals surface area (Å²) >= 11 is 0. The van der Waals surface area contributed by atoms with Crippen LogP contribution in [0, 0.1) is 6.92 Å². The van der Waals surface area contributed by atoms with Crippen LogP contribution in [-0.2, 0) is 0 Å². The minimum atomic E-state index is 0.826. The second-order valence-electron chi connectivity index (χ2n) is 5.52. The van der Waals surface area contributed by atoms with Crippen LogP contribution in [0.25, 0.3) is 0 Å². The van der Waals surface area contributed by atoms with E-state index in [1.54, 1.807) is 0 Å². The van der Waals surface area contributed by atoms with Crippen LogP contribution in [-0.4, -0.2) is 43.6 Å². The number of unbranched alkanes of at least 4 members (excludes halogenated alkanes) is 1. The zero-order valence-electron chi connectivity index (χ0n) is 13.2. The van der Waals surface area contributed by atoms with Crippen LogP contribution in [0.2, 0.25) is 0 Å². The Morgan fingerprint density at radius 1 is 1.29 bits per heavy atom. The van der Waals surface area contributed by atoms with Crippen molar-refractivity contribution in [3.05, 3.63) is 29.8 Å². The van der Waals surface area contributed by atoms with Crippen molar-refractivity contribution in [1.82, 2.24) is 10.3 Å². The molecule has 1 fully saturated rings. The van der Waals surface area contributed by atoms with Crippen molar-refractivity contribution in [2.45, 2.75) is 26.7 Å². The number of aryl methyl sites for hydroxylation is 1. The fourth-order valence-electron chi connectivity index (χ4n) is 2.58. The van der Waals surface area contributed by atoms with Gasteiger partial charge in [-0.1, -0.05) is 25.5 Å². The quantitative estimate of drug-likeness (QED) is 0.291. The van der Waals surface area contributed by atoms with E-state index in [-0.39, 0.29) is 0 Å². The fraction of sp³-hybridized carbons (Fsp3) is 0.562. The molecule has 0 unspecified atom stereocenters. The minimum Gasteiger partial charge on any atom is -0.368 e. The molecule has 1 aliphatic heterocycles. The standard InChI is InChI=1S/C16H27N5/c1-3-4-8-18-16(19-17)21-11-9-20(10-12-21)15-7-5-6-14(2)13-15/h5-7,13H,3-4,8-12,17H2,1-2H3,(H,18,19). The monoisotopic (exact) mass is 289 g/mol. The van der Waals surface area contributed by atoms with Crippen molar-refractivity contribution in [3.8, 4) is 0 Å². The second-order valence-corrected chi connectivity index (χ2v) is 5.52. The van der Waals surface area contributed by atoms with Gasteiger partial charge in [0.25, 0.3) is 0 Å². The number of rotatable bonds is 4. The summed E-state index contributed by atoms with van der Waals surface area (Å²) in [5.74, 6) is 6.44. The van der Waals surface area contributed by atoms with Crippen molar-refractivity contribution in [2.24, 2.45) is 10.8 Å². The van der Waals surface area contributed by atoms with E-state index < -0.39 is 0 Å². The van der Waals surface area contributed by atoms with Gasteiger partial charge >= 0.3 is 0 Å². The maximum Gasteiger partial charge on any atom is 0.208 e. The number of benzene rings is 1. The Hall–Kier alpha value is -1.75. The summed E-state index contributed by atoms with van der Waals surface area (Å²) < 4.78 is 0. The lowest BCUT2D eigenvalue weighted by atomic mass is 10.2. The molecule has 1 aromatic carbocycles. The van der Waals surface area contributed by atoms with Crippen LogP contribution in [0.5, 0.6) is 0 Å². The van der Waals surface area contributed by atoms with E-state index in [0.717, 1.165) is 51.5 Å². The highest BCUT2D eigenvalue weighted by molar-refractivity contribution is 5.79. The molecule has 0 radical (unpaired) electrons. The first kappa shape index (κ1) is 15.6. The highest BCUT2D eigenvalue weighted by atomic mass is 15.4. The molecule has 21 heavy (non-hydrogen) atoms. The highest BCUT2D eigenvalue weighted by Gasteiger charge is 2.19. The van der Waals surface area contributed by atoms with Crippen molar-refractivity contribution in [2.75, 3.05) is 37.6 Å². The average molecular weight is 289 g/mol. The zero-order valence-corrected chi connectivity index (χ0v) is 13.2. The van der Waals surface area contributed by atoms with Gasteiger partial charge in [0.05, 0.1) is 0 Å². The Morgan fingerprint density at radius 3 is 2.67 bits per heavy atom. The van der Waals surface area contributed by atoms with E-state index in [0.29, 0.717) is 0 Å². The second kappa shape index (κ2) is 7.88. The van der Waals surface area contributed by atoms with Gasteiger partial charge < -0.3 is 9.80 Å². The highest BCUT2D eigenvalue weighted by Crippen LogP contribution is 2.17. The molecule has 0 atom stereocenters. The Morgan fingerprint density at radius 2 is 2.05 bits per heavy atom. The topological polar surface area (TPSA) is 56.9 Å². The lowest BCUT2D eigenvalue weighted by molar-refractivity contribution is 0.372. The molecule has 0 amide bonds. The van der Waals surface area contributed by atoms with E-state index in [9.17, 15) is 0 Å². The molecule has 3 N–H and O–H groups in total. The average Bonchev–Trinajstić information content (AvgIpc) is 2.52. The van der Waals surface area contributed by atoms with Crippen molar-refractivity contribution in [1.29, 1.82) is 0 Å². The van der Waals surface area contributed by atoms with Crippen LogP contribution in [0.1, 0.15) is 25.3 Å². The van der Waals surface area contributed by atoms with E-state index in [4.69, 9.17) is 5.84 Å². The molecule has 116 valence electrons. The maximum absolute atomic E-state index is 5.62. The van der Waals surface area contributed by atoms with Crippen LogP contribution >= 0.6 is 0 Å². The Labute approximate surface area is 127 Å². The molecule has 0 bridgehead atoms. The molecule has 1 aromatic rings. The van der Waals surface area contributed by atoms with Gasteiger partial charge in [-0.05, 0) is 31.0 Å². The molecule has 1 aliphatic rings. The summed E-state index contributed by atoms with van der Waals surface area (Å²) in [6.07, 6.45) is 2.26. The number of hydrogen-bond acceptors (Lipinski definition) is 3. The van der Waals surface area contributed by atoms with Crippen LogP contribution in [0.4, 0.5) is 5.69 Å². The van der Waals surface area contributed by atoms with Crippen LogP contribution in [0.3, 0.4) is 0 Å². The van der Waals surface area contributed by atoms with E-state index in [1.807, 2.05) is 0 Å². The number of guanidine groups is 1. The molecular formula is C16H27N5. The summed E-state index contributed by atoms with van der Waals surface area (Å²) in [6, 6.07) is 8.68. The summed E-state index contributed by atoms with van der Waals surface area (Å²) in [6.45, 7) is 9.04. The molecular weight excluding hydrogens is 262 g/mol. The first-order valence-electron chi connectivity index (χ1n) is 7.82. The van der Waals surface area contributed by atoms with Crippen molar-refractivity contribution >= 4 is 11.6 Å². The van der Waals surface area contributed by atoms with E-state index in [1.165, 1.54) is 11.3 Å². The maximum atomic E-state index is 5.62. The molecule has 2 rings (SSSR count). The Bertz CT molecular complexity index is 463. The lowest BCUT2D eigenvalue weighted by Gasteiger charge is -2.37. The van der Waals surface area contributed by atoms with Crippen molar-refractivity contribution < 1.29 is 0 Å². The third kappa shape index (κ3) is 4.36. The predicted molar refractivity (Wildman–Crippen MR) is 89.5 cm³/mol. The predicted octanol–water partition coefficient (Wildman–Crippen LogP) is 1.74. The summed E-state index contributed by atoms with van der Waals surface area (Å²) in [5.41, 5.74) is 5.36. The van der Waals surface area contributed by atoms with Crippen LogP contribution < -0.4 is 16.2 Å². The van der Waals surface area contributed by atoms with Gasteiger partial charge in [0.1, 0.15) is 0 Å². The number of aliphatic imine (C=N–C) groups is 1. The van der Waals surface area contributed by atoms with Gasteiger partial charge in [-0.15, -0.1) is 0 Å². The third-order valence-corrected chi connectivity index (χ3v) is 3.85. The lowest BCUT2D eigenvalue weighted by Crippen LogP contribution is -2.54. The Balaban J connectivity index is 1.91. The first-order chi connectivity index (χ1) is 10.2. The first-order valence-corrected chi connectivity index (χ1v) is 7.82. The van der Waals surface area contributed by atoms with Crippen molar-refractivity contribution in [3.63, 3.8) is 0 Å². The van der Waals surface area contributed by atoms with Gasteiger partial charge in [-0.25, -0.2) is 5.84 Å². The number of nitrogens with one attached hydrogen (secondary N) is 1. The number of hydrogen-bond donors (Lipinski definition) is 2. The molecule has 1 heterocycles. The number of nitrogens with zero attached hydrogens (tertiary/aromatic N) is 3. The number of hydrazine groups is 1.